The summed E-state index contributed by atoms with van der Waals surface area (Å²) in [5.74, 6) is 0.618. The Morgan fingerprint density at radius 2 is 2.18 bits per heavy atom. The number of hydrogen-bond donors (Lipinski definition) is 1. The first-order valence-electron chi connectivity index (χ1n) is 7.13. The van der Waals surface area contributed by atoms with Crippen molar-refractivity contribution in [1.29, 1.82) is 0 Å². The highest BCUT2D eigenvalue weighted by Crippen LogP contribution is 2.32. The number of anilines is 1. The van der Waals surface area contributed by atoms with E-state index >= 15 is 0 Å². The van der Waals surface area contributed by atoms with Gasteiger partial charge >= 0.3 is 0 Å². The number of carbonyl (C=O) groups excluding carboxylic acids is 1. The molecule has 0 fully saturated rings. The lowest BCUT2D eigenvalue weighted by Gasteiger charge is -2.14. The highest BCUT2D eigenvalue weighted by molar-refractivity contribution is 7.99. The van der Waals surface area contributed by atoms with Gasteiger partial charge in [0.25, 0.3) is 5.56 Å². The third kappa shape index (κ3) is 2.92. The molecule has 3 rings (SSSR count). The third-order valence-corrected chi connectivity index (χ3v) is 4.76. The van der Waals surface area contributed by atoms with E-state index in [1.165, 1.54) is 17.8 Å². The van der Waals surface area contributed by atoms with Gasteiger partial charge in [0, 0.05) is 29.6 Å². The van der Waals surface area contributed by atoms with Crippen LogP contribution in [0.2, 0.25) is 0 Å². The van der Waals surface area contributed by atoms with Crippen LogP contribution in [0.3, 0.4) is 0 Å². The molecule has 0 bridgehead atoms. The van der Waals surface area contributed by atoms with Gasteiger partial charge in [0.15, 0.2) is 5.16 Å². The van der Waals surface area contributed by atoms with Gasteiger partial charge in [-0.1, -0.05) is 30.0 Å². The minimum atomic E-state index is -0.135. The number of aryl methyl sites for hydroxylation is 2. The van der Waals surface area contributed by atoms with Crippen molar-refractivity contribution in [2.24, 2.45) is 0 Å². The number of benzene rings is 1. The average molecular weight is 315 g/mol. The second-order valence-corrected chi connectivity index (χ2v) is 6.41. The van der Waals surface area contributed by atoms with Gasteiger partial charge in [-0.15, -0.1) is 0 Å². The maximum Gasteiger partial charge on any atom is 0.254 e. The number of nitrogens with zero attached hydrogens (tertiary/aromatic N) is 2. The summed E-state index contributed by atoms with van der Waals surface area (Å²) in [5.41, 5.74) is 2.47. The van der Waals surface area contributed by atoms with Gasteiger partial charge in [0.05, 0.1) is 6.04 Å². The summed E-state index contributed by atoms with van der Waals surface area (Å²) < 4.78 is 1.63. The van der Waals surface area contributed by atoms with Crippen LogP contribution < -0.4 is 10.9 Å². The zero-order valence-corrected chi connectivity index (χ0v) is 13.3. The zero-order valence-electron chi connectivity index (χ0n) is 12.5. The van der Waals surface area contributed by atoms with Crippen molar-refractivity contribution in [2.45, 2.75) is 31.5 Å². The second-order valence-electron chi connectivity index (χ2n) is 5.42. The fourth-order valence-electron chi connectivity index (χ4n) is 2.54. The van der Waals surface area contributed by atoms with Crippen LogP contribution >= 0.6 is 11.8 Å². The first-order chi connectivity index (χ1) is 10.5. The first-order valence-corrected chi connectivity index (χ1v) is 8.11. The van der Waals surface area contributed by atoms with Gasteiger partial charge in [-0.3, -0.25) is 14.2 Å². The summed E-state index contributed by atoms with van der Waals surface area (Å²) in [5, 5.41) is 3.62. The van der Waals surface area contributed by atoms with E-state index in [0.29, 0.717) is 16.6 Å². The smallest absolute Gasteiger partial charge is 0.254 e. The lowest BCUT2D eigenvalue weighted by molar-refractivity contribution is -0.116. The predicted octanol–water partition coefficient (Wildman–Crippen LogP) is 2.54. The van der Waals surface area contributed by atoms with Crippen LogP contribution in [0, 0.1) is 13.8 Å². The largest absolute Gasteiger partial charge is 0.326 e. The molecule has 1 aromatic carbocycles. The molecule has 114 valence electrons. The maximum absolute atomic E-state index is 12.3. The van der Waals surface area contributed by atoms with E-state index in [2.05, 4.69) is 10.3 Å². The Labute approximate surface area is 132 Å². The van der Waals surface area contributed by atoms with E-state index in [1.54, 1.807) is 11.5 Å². The van der Waals surface area contributed by atoms with Crippen LogP contribution in [0.15, 0.2) is 40.3 Å². The van der Waals surface area contributed by atoms with Crippen LogP contribution in [0.5, 0.6) is 0 Å². The molecule has 6 heteroatoms. The van der Waals surface area contributed by atoms with E-state index in [9.17, 15) is 9.59 Å². The van der Waals surface area contributed by atoms with E-state index in [-0.39, 0.29) is 23.9 Å². The van der Waals surface area contributed by atoms with Gasteiger partial charge in [-0.05, 0) is 25.5 Å². The Hall–Kier alpha value is -2.08. The fourth-order valence-corrected chi connectivity index (χ4v) is 3.74. The van der Waals surface area contributed by atoms with Crippen molar-refractivity contribution in [3.63, 3.8) is 0 Å². The molecule has 1 aliphatic heterocycles. The molecule has 1 aromatic heterocycles. The van der Waals surface area contributed by atoms with Crippen LogP contribution in [0.25, 0.3) is 0 Å². The zero-order chi connectivity index (χ0) is 15.7. The molecule has 1 N–H and O–H groups in total. The second kappa shape index (κ2) is 5.96. The number of hydrogen-bond acceptors (Lipinski definition) is 4. The summed E-state index contributed by atoms with van der Waals surface area (Å²) >= 11 is 1.53. The van der Waals surface area contributed by atoms with E-state index < -0.39 is 0 Å². The highest BCUT2D eigenvalue weighted by Gasteiger charge is 2.27. The topological polar surface area (TPSA) is 64.0 Å². The quantitative estimate of drug-likeness (QED) is 0.884. The van der Waals surface area contributed by atoms with Crippen LogP contribution in [-0.4, -0.2) is 21.2 Å². The van der Waals surface area contributed by atoms with Crippen LogP contribution in [-0.2, 0) is 4.79 Å². The van der Waals surface area contributed by atoms with Gasteiger partial charge in [0.2, 0.25) is 5.91 Å². The van der Waals surface area contributed by atoms with Crippen molar-refractivity contribution in [3.8, 4) is 0 Å². The minimum absolute atomic E-state index is 0.0822. The van der Waals surface area contributed by atoms with Crippen molar-refractivity contribution in [2.75, 3.05) is 11.1 Å². The lowest BCUT2D eigenvalue weighted by atomic mass is 10.1. The number of para-hydroxylation sites is 1. The van der Waals surface area contributed by atoms with Crippen molar-refractivity contribution >= 4 is 23.4 Å². The van der Waals surface area contributed by atoms with Crippen LogP contribution in [0.1, 0.15) is 23.7 Å². The Morgan fingerprint density at radius 3 is 2.95 bits per heavy atom. The number of fused-ring (bicyclic) bond motifs is 1. The van der Waals surface area contributed by atoms with E-state index in [0.717, 1.165) is 11.3 Å². The summed E-state index contributed by atoms with van der Waals surface area (Å²) in [4.78, 5) is 28.7. The molecule has 1 amide bonds. The molecule has 2 aromatic rings. The van der Waals surface area contributed by atoms with Crippen molar-refractivity contribution in [3.05, 3.63) is 51.9 Å². The summed E-state index contributed by atoms with van der Waals surface area (Å²) in [6, 6.07) is 9.03. The molecule has 1 atom stereocenters. The Morgan fingerprint density at radius 1 is 1.41 bits per heavy atom. The van der Waals surface area contributed by atoms with Gasteiger partial charge < -0.3 is 5.32 Å². The van der Waals surface area contributed by atoms with Gasteiger partial charge in [0.1, 0.15) is 0 Å². The van der Waals surface area contributed by atoms with Gasteiger partial charge in [-0.25, -0.2) is 4.98 Å². The maximum atomic E-state index is 12.3. The van der Waals surface area contributed by atoms with Gasteiger partial charge in [-0.2, -0.15) is 0 Å². The highest BCUT2D eigenvalue weighted by atomic mass is 32.2. The average Bonchev–Trinajstić information content (AvgIpc) is 2.84. The van der Waals surface area contributed by atoms with Crippen molar-refractivity contribution < 1.29 is 4.79 Å². The standard InChI is InChI=1S/C16H17N3O2S/c1-10-5-3-4-6-13(10)18-14(20)8-12-9-22-16-17-11(2)7-15(21)19(12)16/h3-7,12H,8-9H2,1-2H3,(H,18,20). The number of nitrogens with one attached hydrogen (secondary N) is 1. The Balaban J connectivity index is 1.75. The molecule has 2 heterocycles. The number of rotatable bonds is 3. The third-order valence-electron chi connectivity index (χ3n) is 3.66. The number of carbonyl (C=O) groups is 1. The lowest BCUT2D eigenvalue weighted by Crippen LogP contribution is -2.27. The number of aromatic nitrogens is 2. The summed E-state index contributed by atoms with van der Waals surface area (Å²) in [6.45, 7) is 3.76. The molecule has 0 saturated carbocycles. The Bertz CT molecular complexity index is 785. The fraction of sp³-hybridized carbons (Fsp3) is 0.312. The van der Waals surface area contributed by atoms with E-state index in [4.69, 9.17) is 0 Å². The van der Waals surface area contributed by atoms with E-state index in [1.807, 2.05) is 31.2 Å². The summed E-state index contributed by atoms with van der Waals surface area (Å²) in [7, 11) is 0. The number of thioether (sulfide) groups is 1. The molecule has 0 aliphatic carbocycles. The first kappa shape index (κ1) is 14.8. The number of amides is 1. The molecule has 1 aliphatic rings. The molecular formula is C16H17N3O2S. The molecule has 22 heavy (non-hydrogen) atoms. The Kier molecular flexibility index (Phi) is 4.02. The summed E-state index contributed by atoms with van der Waals surface area (Å²) in [6.07, 6.45) is 0.277. The predicted molar refractivity (Wildman–Crippen MR) is 87.4 cm³/mol. The van der Waals surface area contributed by atoms with Crippen molar-refractivity contribution in [1.82, 2.24) is 9.55 Å². The molecule has 0 spiro atoms. The molecule has 0 radical (unpaired) electrons. The monoisotopic (exact) mass is 315 g/mol. The van der Waals surface area contributed by atoms with Crippen LogP contribution in [0.4, 0.5) is 5.69 Å². The molecule has 0 saturated heterocycles. The SMILES string of the molecule is Cc1cc(=O)n2c(n1)SCC2CC(=O)Nc1ccccc1C. The molecule has 1 unspecified atom stereocenters. The molecule has 5 nitrogen and oxygen atoms in total. The minimum Gasteiger partial charge on any atom is -0.326 e. The normalized spacial score (nSPS) is 16.4. The molecular weight excluding hydrogens is 298 g/mol.